The molecule has 0 rings (SSSR count). The molecular weight excluding hydrogens is 446 g/mol. The molecule has 0 aromatic carbocycles. The van der Waals surface area contributed by atoms with E-state index in [1.807, 2.05) is 0 Å². The second-order valence-electron chi connectivity index (χ2n) is 7.86. The molecule has 196 valence electrons. The average Bonchev–Trinajstić information content (AvgIpc) is 2.78. The van der Waals surface area contributed by atoms with Gasteiger partial charge in [0.2, 0.25) is 17.7 Å². The molecule has 0 saturated heterocycles. The second kappa shape index (κ2) is 18.5. The monoisotopic (exact) mass is 487 g/mol. The van der Waals surface area contributed by atoms with Crippen LogP contribution in [0.15, 0.2) is 4.99 Å². The SMILES string of the molecule is NCCCCC(NC(=O)C(CCCCN)NC(=O)CNC(=O)C(N)CCCN=C(N)N)C(=O)O. The first-order chi connectivity index (χ1) is 16.1. The number of rotatable bonds is 19. The Bertz CT molecular complexity index is 671. The number of hydrogen-bond donors (Lipinski definition) is 9. The van der Waals surface area contributed by atoms with Crippen LogP contribution in [-0.2, 0) is 19.2 Å². The summed E-state index contributed by atoms with van der Waals surface area (Å²) in [6.07, 6.45) is 3.63. The van der Waals surface area contributed by atoms with E-state index in [-0.39, 0.29) is 25.3 Å². The number of nitrogens with two attached hydrogens (primary N) is 5. The molecule has 3 unspecified atom stereocenters. The minimum atomic E-state index is -1.17. The lowest BCUT2D eigenvalue weighted by atomic mass is 10.1. The van der Waals surface area contributed by atoms with Gasteiger partial charge < -0.3 is 49.7 Å². The van der Waals surface area contributed by atoms with E-state index < -0.39 is 41.8 Å². The minimum Gasteiger partial charge on any atom is -0.480 e. The third-order valence-electron chi connectivity index (χ3n) is 4.89. The molecule has 14 nitrogen and oxygen atoms in total. The molecule has 3 amide bonds. The average molecular weight is 488 g/mol. The Kier molecular flexibility index (Phi) is 16.8. The fraction of sp³-hybridized carbons (Fsp3) is 0.750. The molecular formula is C20H41N9O5. The number of guanidine groups is 1. The number of nitrogens with zero attached hydrogens (tertiary/aromatic N) is 1. The van der Waals surface area contributed by atoms with Crippen molar-refractivity contribution in [3.8, 4) is 0 Å². The molecule has 0 aliphatic heterocycles. The van der Waals surface area contributed by atoms with Crippen LogP contribution in [0.5, 0.6) is 0 Å². The number of carbonyl (C=O) groups excluding carboxylic acids is 3. The van der Waals surface area contributed by atoms with Gasteiger partial charge in [0.1, 0.15) is 12.1 Å². The largest absolute Gasteiger partial charge is 0.480 e. The van der Waals surface area contributed by atoms with Crippen molar-refractivity contribution in [1.29, 1.82) is 0 Å². The lowest BCUT2D eigenvalue weighted by Gasteiger charge is -2.22. The van der Waals surface area contributed by atoms with E-state index >= 15 is 0 Å². The highest BCUT2D eigenvalue weighted by atomic mass is 16.4. The van der Waals surface area contributed by atoms with Crippen molar-refractivity contribution in [3.63, 3.8) is 0 Å². The number of hydrogen-bond acceptors (Lipinski definition) is 8. The van der Waals surface area contributed by atoms with Crippen molar-refractivity contribution in [3.05, 3.63) is 0 Å². The Balaban J connectivity index is 4.79. The third kappa shape index (κ3) is 15.0. The Morgan fingerprint density at radius 2 is 1.38 bits per heavy atom. The Morgan fingerprint density at radius 1 is 0.794 bits per heavy atom. The summed E-state index contributed by atoms with van der Waals surface area (Å²) in [5.41, 5.74) is 27.2. The van der Waals surface area contributed by atoms with E-state index in [0.717, 1.165) is 0 Å². The number of carboxylic acids is 1. The highest BCUT2D eigenvalue weighted by Gasteiger charge is 2.26. The maximum Gasteiger partial charge on any atom is 0.326 e. The van der Waals surface area contributed by atoms with Gasteiger partial charge in [-0.1, -0.05) is 0 Å². The number of amides is 3. The fourth-order valence-corrected chi connectivity index (χ4v) is 2.98. The lowest BCUT2D eigenvalue weighted by Crippen LogP contribution is -2.53. The summed E-state index contributed by atoms with van der Waals surface area (Å²) < 4.78 is 0. The van der Waals surface area contributed by atoms with Gasteiger partial charge in [0, 0.05) is 6.54 Å². The van der Waals surface area contributed by atoms with Gasteiger partial charge in [-0.2, -0.15) is 0 Å². The maximum absolute atomic E-state index is 12.7. The summed E-state index contributed by atoms with van der Waals surface area (Å²) in [4.78, 5) is 52.4. The molecule has 0 radical (unpaired) electrons. The molecule has 0 bridgehead atoms. The smallest absolute Gasteiger partial charge is 0.326 e. The van der Waals surface area contributed by atoms with Crippen molar-refractivity contribution in [1.82, 2.24) is 16.0 Å². The Hall–Kier alpha value is -2.97. The molecule has 14 heteroatoms. The zero-order valence-corrected chi connectivity index (χ0v) is 19.6. The van der Waals surface area contributed by atoms with Crippen LogP contribution in [0.25, 0.3) is 0 Å². The predicted octanol–water partition coefficient (Wildman–Crippen LogP) is -3.20. The highest BCUT2D eigenvalue weighted by molar-refractivity contribution is 5.92. The minimum absolute atomic E-state index is 0.0509. The quantitative estimate of drug-likeness (QED) is 0.0500. The molecule has 0 aromatic rings. The molecule has 3 atom stereocenters. The molecule has 0 aromatic heterocycles. The van der Waals surface area contributed by atoms with Crippen LogP contribution in [0.4, 0.5) is 0 Å². The van der Waals surface area contributed by atoms with Gasteiger partial charge in [-0.25, -0.2) is 4.79 Å². The zero-order chi connectivity index (χ0) is 25.9. The molecule has 34 heavy (non-hydrogen) atoms. The number of aliphatic carboxylic acids is 1. The standard InChI is InChI=1S/C20H41N9O5/c21-9-3-1-7-14(18(32)29-15(19(33)34)8-2-4-10-22)28-16(30)12-27-17(31)13(23)6-5-11-26-20(24)25/h13-15H,1-12,21-23H2,(H,27,31)(H,28,30)(H,29,32)(H,33,34)(H4,24,25,26). The van der Waals surface area contributed by atoms with Gasteiger partial charge in [0.05, 0.1) is 12.6 Å². The van der Waals surface area contributed by atoms with E-state index in [1.54, 1.807) is 0 Å². The van der Waals surface area contributed by atoms with E-state index in [9.17, 15) is 24.3 Å². The molecule has 14 N–H and O–H groups in total. The van der Waals surface area contributed by atoms with Crippen LogP contribution >= 0.6 is 0 Å². The van der Waals surface area contributed by atoms with Crippen LogP contribution in [0.2, 0.25) is 0 Å². The molecule has 0 fully saturated rings. The Labute approximate surface area is 199 Å². The van der Waals surface area contributed by atoms with Gasteiger partial charge >= 0.3 is 5.97 Å². The first kappa shape index (κ1) is 31.0. The first-order valence-corrected chi connectivity index (χ1v) is 11.4. The van der Waals surface area contributed by atoms with Crippen molar-refractivity contribution in [2.75, 3.05) is 26.2 Å². The highest BCUT2D eigenvalue weighted by Crippen LogP contribution is 2.05. The summed E-state index contributed by atoms with van der Waals surface area (Å²) in [7, 11) is 0. The van der Waals surface area contributed by atoms with Gasteiger partial charge in [0.25, 0.3) is 0 Å². The molecule has 0 aliphatic rings. The van der Waals surface area contributed by atoms with Crippen molar-refractivity contribution in [2.24, 2.45) is 33.7 Å². The maximum atomic E-state index is 12.7. The van der Waals surface area contributed by atoms with Crippen LogP contribution in [0.3, 0.4) is 0 Å². The number of carboxylic acid groups (broad SMARTS) is 1. The number of nitrogens with one attached hydrogen (secondary N) is 3. The van der Waals surface area contributed by atoms with E-state index in [4.69, 9.17) is 28.7 Å². The van der Waals surface area contributed by atoms with Gasteiger partial charge in [-0.05, 0) is 64.5 Å². The number of unbranched alkanes of at least 4 members (excludes halogenated alkanes) is 2. The summed E-state index contributed by atoms with van der Waals surface area (Å²) in [6.45, 7) is 0.771. The van der Waals surface area contributed by atoms with Crippen molar-refractivity contribution in [2.45, 2.75) is 69.5 Å². The lowest BCUT2D eigenvalue weighted by molar-refractivity contribution is -0.142. The Morgan fingerprint density at radius 3 is 1.91 bits per heavy atom. The summed E-state index contributed by atoms with van der Waals surface area (Å²) in [6, 6.07) is -2.92. The molecule has 0 heterocycles. The number of aliphatic imine (C=N–C) groups is 1. The predicted molar refractivity (Wildman–Crippen MR) is 128 cm³/mol. The first-order valence-electron chi connectivity index (χ1n) is 11.4. The van der Waals surface area contributed by atoms with Crippen LogP contribution < -0.4 is 44.6 Å². The summed E-state index contributed by atoms with van der Waals surface area (Å²) in [5.74, 6) is -2.98. The summed E-state index contributed by atoms with van der Waals surface area (Å²) >= 11 is 0. The fourth-order valence-electron chi connectivity index (χ4n) is 2.98. The molecule has 0 spiro atoms. The van der Waals surface area contributed by atoms with E-state index in [0.29, 0.717) is 58.2 Å². The molecule has 0 saturated carbocycles. The van der Waals surface area contributed by atoms with Gasteiger partial charge in [-0.15, -0.1) is 0 Å². The van der Waals surface area contributed by atoms with E-state index in [1.165, 1.54) is 0 Å². The number of carbonyl (C=O) groups is 4. The van der Waals surface area contributed by atoms with Crippen molar-refractivity contribution < 1.29 is 24.3 Å². The van der Waals surface area contributed by atoms with Gasteiger partial charge in [-0.3, -0.25) is 19.4 Å². The summed E-state index contributed by atoms with van der Waals surface area (Å²) in [5, 5.41) is 16.8. The topological polar surface area (TPSA) is 267 Å². The van der Waals surface area contributed by atoms with Crippen LogP contribution in [0.1, 0.15) is 51.4 Å². The zero-order valence-electron chi connectivity index (χ0n) is 19.6. The van der Waals surface area contributed by atoms with Crippen LogP contribution in [0, 0.1) is 0 Å². The normalized spacial score (nSPS) is 13.3. The molecule has 0 aliphatic carbocycles. The second-order valence-corrected chi connectivity index (χ2v) is 7.86. The van der Waals surface area contributed by atoms with E-state index in [2.05, 4.69) is 20.9 Å². The third-order valence-corrected chi connectivity index (χ3v) is 4.89. The van der Waals surface area contributed by atoms with Crippen molar-refractivity contribution >= 4 is 29.7 Å². The van der Waals surface area contributed by atoms with Gasteiger partial charge in [0.15, 0.2) is 5.96 Å². The van der Waals surface area contributed by atoms with Crippen LogP contribution in [-0.4, -0.2) is 79.1 Å².